The van der Waals surface area contributed by atoms with E-state index in [-0.39, 0.29) is 29.7 Å². The number of carbonyl (C=O) groups is 1. The normalized spacial score (nSPS) is 32.4. The van der Waals surface area contributed by atoms with Crippen molar-refractivity contribution < 1.29 is 27.8 Å². The number of nitrogens with zero attached hydrogens (tertiary/aromatic N) is 1. The maximum atomic E-state index is 12.9. The molecule has 4 fully saturated rings. The molecule has 8 heteroatoms. The van der Waals surface area contributed by atoms with Crippen LogP contribution in [-0.4, -0.2) is 51.9 Å². The fraction of sp³-hybridized carbons (Fsp3) is 0.609. The fourth-order valence-electron chi connectivity index (χ4n) is 6.50. The molecule has 168 valence electrons. The number of piperidine rings is 2. The first-order valence-electron chi connectivity index (χ1n) is 10.9. The first-order chi connectivity index (χ1) is 14.7. The minimum absolute atomic E-state index is 0.255. The van der Waals surface area contributed by atoms with Gasteiger partial charge in [0, 0.05) is 41.6 Å². The van der Waals surface area contributed by atoms with E-state index in [1.165, 1.54) is 12.1 Å². The summed E-state index contributed by atoms with van der Waals surface area (Å²) in [6, 6.07) is 5.07. The van der Waals surface area contributed by atoms with Crippen molar-refractivity contribution >= 4 is 17.2 Å². The Morgan fingerprint density at radius 1 is 1.29 bits per heavy atom. The number of H-pyrrole nitrogens is 1. The molecule has 0 spiro atoms. The van der Waals surface area contributed by atoms with E-state index >= 15 is 0 Å². The Morgan fingerprint density at radius 3 is 2.61 bits per heavy atom. The van der Waals surface area contributed by atoms with Gasteiger partial charge in [-0.3, -0.25) is 4.90 Å². The van der Waals surface area contributed by atoms with Crippen LogP contribution in [0.15, 0.2) is 24.4 Å². The van der Waals surface area contributed by atoms with Crippen LogP contribution in [0.2, 0.25) is 0 Å². The van der Waals surface area contributed by atoms with Crippen molar-refractivity contribution in [1.82, 2.24) is 9.88 Å². The van der Waals surface area contributed by atoms with Gasteiger partial charge in [-0.15, -0.1) is 13.2 Å². The van der Waals surface area contributed by atoms with E-state index in [0.717, 1.165) is 38.4 Å². The number of nitrogens with one attached hydrogen (secondary N) is 1. The first-order valence-corrected chi connectivity index (χ1v) is 10.9. The van der Waals surface area contributed by atoms with Crippen LogP contribution in [0.5, 0.6) is 5.75 Å². The van der Waals surface area contributed by atoms with Gasteiger partial charge in [-0.1, -0.05) is 13.0 Å². The maximum Gasteiger partial charge on any atom is 0.573 e. The number of aldehydes is 1. The van der Waals surface area contributed by atoms with E-state index < -0.39 is 12.0 Å². The van der Waals surface area contributed by atoms with Gasteiger partial charge in [-0.2, -0.15) is 0 Å². The average molecular weight is 436 g/mol. The average Bonchev–Trinajstić information content (AvgIpc) is 3.10. The Labute approximate surface area is 178 Å². The summed E-state index contributed by atoms with van der Waals surface area (Å²) in [5, 5.41) is 11.2. The van der Waals surface area contributed by atoms with E-state index in [1.54, 1.807) is 12.3 Å². The van der Waals surface area contributed by atoms with Gasteiger partial charge in [0.1, 0.15) is 12.0 Å². The summed E-state index contributed by atoms with van der Waals surface area (Å²) in [5.74, 6) is -0.355. The summed E-state index contributed by atoms with van der Waals surface area (Å²) < 4.78 is 43.0. The Hall–Kier alpha value is -2.06. The van der Waals surface area contributed by atoms with Crippen LogP contribution in [0.25, 0.3) is 10.9 Å². The molecule has 2 N–H and O–H groups in total. The monoisotopic (exact) mass is 436 g/mol. The molecular weight excluding hydrogens is 409 g/mol. The number of aliphatic hydroxyl groups is 1. The lowest BCUT2D eigenvalue weighted by molar-refractivity contribution is -0.274. The number of ether oxygens (including phenoxy) is 1. The molecule has 6 rings (SSSR count). The van der Waals surface area contributed by atoms with Gasteiger partial charge in [-0.05, 0) is 61.6 Å². The lowest BCUT2D eigenvalue weighted by atomic mass is 9.61. The number of benzene rings is 1. The molecule has 1 aromatic carbocycles. The molecular formula is C23H27F3N2O3. The van der Waals surface area contributed by atoms with Gasteiger partial charge in [0.05, 0.1) is 5.60 Å². The molecule has 2 aromatic rings. The molecule has 31 heavy (non-hydrogen) atoms. The summed E-state index contributed by atoms with van der Waals surface area (Å²) in [7, 11) is 0. The van der Waals surface area contributed by atoms with Gasteiger partial charge in [0.2, 0.25) is 0 Å². The number of alkyl halides is 3. The van der Waals surface area contributed by atoms with Gasteiger partial charge < -0.3 is 19.6 Å². The van der Waals surface area contributed by atoms with Crippen LogP contribution in [0, 0.1) is 11.8 Å². The lowest BCUT2D eigenvalue weighted by Gasteiger charge is -2.60. The van der Waals surface area contributed by atoms with Crippen LogP contribution < -0.4 is 4.74 Å². The van der Waals surface area contributed by atoms with Crippen LogP contribution in [-0.2, 0) is 4.79 Å². The molecule has 2 aliphatic heterocycles. The third kappa shape index (κ3) is 3.74. The largest absolute Gasteiger partial charge is 0.573 e. The van der Waals surface area contributed by atoms with Crippen LogP contribution in [0.1, 0.15) is 50.5 Å². The minimum atomic E-state index is -4.79. The number of rotatable bonds is 6. The van der Waals surface area contributed by atoms with E-state index in [2.05, 4.69) is 14.6 Å². The summed E-state index contributed by atoms with van der Waals surface area (Å²) in [6.45, 7) is 2.44. The number of aromatic nitrogens is 1. The Bertz CT molecular complexity index is 972. The summed E-state index contributed by atoms with van der Waals surface area (Å²) in [4.78, 5) is 17.5. The highest BCUT2D eigenvalue weighted by atomic mass is 19.4. The van der Waals surface area contributed by atoms with Crippen molar-refractivity contribution in [2.24, 2.45) is 11.8 Å². The predicted octanol–water partition coefficient (Wildman–Crippen LogP) is 4.36. The zero-order valence-corrected chi connectivity index (χ0v) is 17.4. The summed E-state index contributed by atoms with van der Waals surface area (Å²) in [5.41, 5.74) is 0.636. The molecule has 5 nitrogen and oxygen atoms in total. The second kappa shape index (κ2) is 7.24. The number of hydrogen-bond donors (Lipinski definition) is 2. The highest BCUT2D eigenvalue weighted by molar-refractivity contribution is 5.90. The SMILES string of the molecule is CC(c1c[nH]c2cccc(OC(F)(F)F)c12)C(C=O)CN1C2CC3CC1CC(O)(C3)C2. The number of aromatic amines is 1. The van der Waals surface area contributed by atoms with Crippen LogP contribution >= 0.6 is 0 Å². The standard InChI is InChI=1S/C23H27F3N2O3/c1-13(18-10-27-19-3-2-4-20(21(18)19)31-23(24,25)26)15(12-29)11-28-16-5-14-6-17(28)9-22(30,7-14)8-16/h2-4,10,12-17,27,30H,5-9,11H2,1H3. The predicted molar refractivity (Wildman–Crippen MR) is 109 cm³/mol. The molecule has 4 unspecified atom stereocenters. The molecule has 1 aromatic heterocycles. The Morgan fingerprint density at radius 2 is 2.00 bits per heavy atom. The summed E-state index contributed by atoms with van der Waals surface area (Å²) >= 11 is 0. The van der Waals surface area contributed by atoms with Crippen molar-refractivity contribution in [2.75, 3.05) is 6.54 Å². The molecule has 2 saturated carbocycles. The van der Waals surface area contributed by atoms with Gasteiger partial charge in [0.25, 0.3) is 0 Å². The van der Waals surface area contributed by atoms with Gasteiger partial charge in [0.15, 0.2) is 0 Å². The highest BCUT2D eigenvalue weighted by Gasteiger charge is 2.54. The Balaban J connectivity index is 1.41. The molecule has 2 saturated heterocycles. The number of carbonyl (C=O) groups excluding carboxylic acids is 1. The van der Waals surface area contributed by atoms with Gasteiger partial charge >= 0.3 is 6.36 Å². The molecule has 3 heterocycles. The second-order valence-corrected chi connectivity index (χ2v) is 9.74. The molecule has 2 aliphatic carbocycles. The lowest BCUT2D eigenvalue weighted by Crippen LogP contribution is -2.65. The van der Waals surface area contributed by atoms with Crippen LogP contribution in [0.3, 0.4) is 0 Å². The topological polar surface area (TPSA) is 65.6 Å². The van der Waals surface area contributed by atoms with Crippen molar-refractivity contribution in [3.05, 3.63) is 30.0 Å². The van der Waals surface area contributed by atoms with Crippen molar-refractivity contribution in [2.45, 2.75) is 69.0 Å². The van der Waals surface area contributed by atoms with E-state index in [0.29, 0.717) is 28.9 Å². The zero-order chi connectivity index (χ0) is 22.0. The Kier molecular flexibility index (Phi) is 4.86. The second-order valence-electron chi connectivity index (χ2n) is 9.74. The van der Waals surface area contributed by atoms with E-state index in [1.807, 2.05) is 6.92 Å². The third-order valence-electron chi connectivity index (χ3n) is 7.70. The van der Waals surface area contributed by atoms with Crippen molar-refractivity contribution in [3.63, 3.8) is 0 Å². The van der Waals surface area contributed by atoms with E-state index in [4.69, 9.17) is 0 Å². The summed E-state index contributed by atoms with van der Waals surface area (Å²) in [6.07, 6.45) is 2.31. The number of hydrogen-bond acceptors (Lipinski definition) is 4. The molecule has 4 atom stereocenters. The first kappa shape index (κ1) is 20.8. The molecule has 0 radical (unpaired) electrons. The van der Waals surface area contributed by atoms with E-state index in [9.17, 15) is 23.1 Å². The van der Waals surface area contributed by atoms with Crippen LogP contribution in [0.4, 0.5) is 13.2 Å². The number of halogens is 3. The highest BCUT2D eigenvalue weighted by Crippen LogP contribution is 2.51. The number of fused-ring (bicyclic) bond motifs is 1. The minimum Gasteiger partial charge on any atom is -0.405 e. The third-order valence-corrected chi connectivity index (χ3v) is 7.70. The smallest absolute Gasteiger partial charge is 0.405 e. The fourth-order valence-corrected chi connectivity index (χ4v) is 6.50. The van der Waals surface area contributed by atoms with Crippen molar-refractivity contribution in [3.8, 4) is 5.75 Å². The van der Waals surface area contributed by atoms with Gasteiger partial charge in [-0.25, -0.2) is 0 Å². The molecule has 4 aliphatic rings. The molecule has 4 bridgehead atoms. The quantitative estimate of drug-likeness (QED) is 0.661. The molecule has 0 amide bonds. The zero-order valence-electron chi connectivity index (χ0n) is 17.4. The maximum absolute atomic E-state index is 12.9. The van der Waals surface area contributed by atoms with Crippen molar-refractivity contribution in [1.29, 1.82) is 0 Å².